The number of hydrogen-bond donors (Lipinski definition) is 4. The molecule has 11 heteroatoms. The van der Waals surface area contributed by atoms with Crippen molar-refractivity contribution in [3.63, 3.8) is 0 Å². The zero-order valence-electron chi connectivity index (χ0n) is 23.0. The second-order valence-electron chi connectivity index (χ2n) is 11.8. The molecule has 3 fully saturated rings. The number of aryl methyl sites for hydroxylation is 1. The summed E-state index contributed by atoms with van der Waals surface area (Å²) in [6, 6.07) is 13.3. The van der Waals surface area contributed by atoms with Gasteiger partial charge in [-0.15, -0.1) is 0 Å². The molecule has 2 saturated heterocycles. The Morgan fingerprint density at radius 3 is 2.54 bits per heavy atom. The Morgan fingerprint density at radius 2 is 1.83 bits per heavy atom. The molecule has 5 rings (SSSR count). The first-order valence-electron chi connectivity index (χ1n) is 14.4. The van der Waals surface area contributed by atoms with Gasteiger partial charge in [0.15, 0.2) is 11.1 Å². The Hall–Kier alpha value is -2.31. The summed E-state index contributed by atoms with van der Waals surface area (Å²) in [6.45, 7) is 1.86. The third kappa shape index (κ3) is 7.02. The molecule has 2 aromatic carbocycles. The van der Waals surface area contributed by atoms with Crippen molar-refractivity contribution in [1.29, 1.82) is 0 Å². The summed E-state index contributed by atoms with van der Waals surface area (Å²) in [4.78, 5) is 16.0. The van der Waals surface area contributed by atoms with E-state index in [0.29, 0.717) is 35.1 Å². The number of para-hydroxylation sites is 1. The highest BCUT2D eigenvalue weighted by molar-refractivity contribution is 7.79. The summed E-state index contributed by atoms with van der Waals surface area (Å²) < 4.78 is 61.9. The molecule has 5 N–H and O–H groups in total. The average Bonchev–Trinajstić information content (AvgIpc) is 3.75. The van der Waals surface area contributed by atoms with Crippen LogP contribution in [0.2, 0.25) is 0 Å². The number of benzene rings is 2. The van der Waals surface area contributed by atoms with Crippen LogP contribution in [0.5, 0.6) is 0 Å². The fraction of sp³-hybridized carbons (Fsp3) is 0.567. The Morgan fingerprint density at radius 1 is 1.12 bits per heavy atom. The predicted octanol–water partition coefficient (Wildman–Crippen LogP) is 4.20. The van der Waals surface area contributed by atoms with Gasteiger partial charge >= 0.3 is 0 Å². The number of carbonyl (C=O) groups excluding carboxylic acids is 1. The van der Waals surface area contributed by atoms with Crippen molar-refractivity contribution < 1.29 is 26.7 Å². The summed E-state index contributed by atoms with van der Waals surface area (Å²) in [5.41, 5.74) is 7.78. The number of anilines is 1. The van der Waals surface area contributed by atoms with E-state index in [1.165, 1.54) is 12.1 Å². The van der Waals surface area contributed by atoms with Crippen LogP contribution in [0.15, 0.2) is 48.5 Å². The van der Waals surface area contributed by atoms with Gasteiger partial charge in [-0.3, -0.25) is 9.69 Å². The van der Waals surface area contributed by atoms with Crippen LogP contribution in [0.4, 0.5) is 18.9 Å². The molecule has 2 aliphatic heterocycles. The number of fused-ring (bicyclic) bond motifs is 1. The highest BCUT2D eigenvalue weighted by atomic mass is 32.2. The monoisotopic (exact) mass is 592 g/mol. The highest BCUT2D eigenvalue weighted by Gasteiger charge is 2.50. The number of piperazine rings is 1. The average molecular weight is 593 g/mol. The van der Waals surface area contributed by atoms with Gasteiger partial charge in [-0.2, -0.15) is 0 Å². The lowest BCUT2D eigenvalue weighted by Crippen LogP contribution is -2.55. The quantitative estimate of drug-likeness (QED) is 0.230. The summed E-state index contributed by atoms with van der Waals surface area (Å²) in [5, 5.41) is 6.63. The van der Waals surface area contributed by atoms with Gasteiger partial charge in [0.2, 0.25) is 11.8 Å². The Labute approximate surface area is 241 Å². The molecule has 1 saturated carbocycles. The van der Waals surface area contributed by atoms with E-state index in [1.807, 2.05) is 24.3 Å². The number of halogens is 3. The normalized spacial score (nSPS) is 27.8. The first-order chi connectivity index (χ1) is 19.6. The van der Waals surface area contributed by atoms with E-state index >= 15 is 0 Å². The zero-order chi connectivity index (χ0) is 29.2. The summed E-state index contributed by atoms with van der Waals surface area (Å²) >= 11 is -1.75. The first-order valence-corrected chi connectivity index (χ1v) is 15.7. The van der Waals surface area contributed by atoms with Gasteiger partial charge in [0, 0.05) is 60.9 Å². The van der Waals surface area contributed by atoms with Crippen LogP contribution in [-0.2, 0) is 27.7 Å². The number of rotatable bonds is 11. The molecule has 6 atom stereocenters. The van der Waals surface area contributed by atoms with E-state index in [0.717, 1.165) is 44.3 Å². The standard InChI is InChI=1S/C30H39F3N4O3S/c31-22-10-8-21(9-11-22)29(13-15-30(32,33)16-14-29)27(34)28(38)36-24-6-2-1-4-20(24)7-12-25-26-19-37(26)23(18-35-25)5-3-17-41(39)40/h1-2,4,6,8-11,23,25-27,35H,3,5,7,12-19,34H2,(H,36,38)(H,39,40)/t23?,25-,26?,27+,37?/m0/s1. The van der Waals surface area contributed by atoms with E-state index in [4.69, 9.17) is 10.3 Å². The third-order valence-electron chi connectivity index (χ3n) is 9.27. The van der Waals surface area contributed by atoms with Crippen LogP contribution in [0.1, 0.15) is 56.1 Å². The Bertz CT molecular complexity index is 1240. The molecule has 1 amide bonds. The van der Waals surface area contributed by atoms with Crippen molar-refractivity contribution in [2.45, 2.75) is 86.9 Å². The molecule has 1 aliphatic carbocycles. The number of nitrogens with two attached hydrogens (primary N) is 1. The molecule has 224 valence electrons. The first kappa shape index (κ1) is 30.2. The molecule has 2 aromatic rings. The van der Waals surface area contributed by atoms with E-state index < -0.39 is 40.2 Å². The van der Waals surface area contributed by atoms with Crippen molar-refractivity contribution in [3.8, 4) is 0 Å². The molecule has 0 spiro atoms. The fourth-order valence-corrected chi connectivity index (χ4v) is 7.16. The van der Waals surface area contributed by atoms with E-state index in [1.54, 1.807) is 12.1 Å². The molecular formula is C30H39F3N4O3S. The maximum Gasteiger partial charge on any atom is 0.248 e. The van der Waals surface area contributed by atoms with Gasteiger partial charge in [-0.05, 0) is 67.9 Å². The van der Waals surface area contributed by atoms with Crippen LogP contribution < -0.4 is 16.4 Å². The number of carbonyl (C=O) groups is 1. The number of nitrogens with one attached hydrogen (secondary N) is 2. The summed E-state index contributed by atoms with van der Waals surface area (Å²) in [7, 11) is 0. The smallest absolute Gasteiger partial charge is 0.248 e. The molecule has 7 nitrogen and oxygen atoms in total. The van der Waals surface area contributed by atoms with Gasteiger partial charge in [-0.25, -0.2) is 17.4 Å². The van der Waals surface area contributed by atoms with E-state index in [2.05, 4.69) is 15.5 Å². The number of hydrogen-bond acceptors (Lipinski definition) is 5. The molecule has 0 bridgehead atoms. The van der Waals surface area contributed by atoms with Crippen LogP contribution in [0.3, 0.4) is 0 Å². The Kier molecular flexibility index (Phi) is 9.20. The summed E-state index contributed by atoms with van der Waals surface area (Å²) in [5.74, 6) is -3.38. The lowest BCUT2D eigenvalue weighted by atomic mass is 9.64. The van der Waals surface area contributed by atoms with Crippen molar-refractivity contribution >= 4 is 22.7 Å². The molecule has 0 radical (unpaired) electrons. The number of alkyl halides is 2. The van der Waals surface area contributed by atoms with Gasteiger partial charge in [-0.1, -0.05) is 30.3 Å². The largest absolute Gasteiger partial charge is 0.324 e. The molecule has 2 heterocycles. The van der Waals surface area contributed by atoms with E-state index in [-0.39, 0.29) is 25.7 Å². The van der Waals surface area contributed by atoms with Gasteiger partial charge < -0.3 is 20.9 Å². The van der Waals surface area contributed by atoms with Crippen molar-refractivity contribution in [1.82, 2.24) is 10.2 Å². The molecule has 41 heavy (non-hydrogen) atoms. The second-order valence-corrected chi connectivity index (χ2v) is 12.8. The lowest BCUT2D eigenvalue weighted by molar-refractivity contribution is -0.121. The van der Waals surface area contributed by atoms with Crippen LogP contribution in [0, 0.1) is 5.82 Å². The summed E-state index contributed by atoms with van der Waals surface area (Å²) in [6.07, 6.45) is 2.54. The number of nitrogens with zero attached hydrogens (tertiary/aromatic N) is 1. The topological polar surface area (TPSA) is 107 Å². The van der Waals surface area contributed by atoms with Crippen molar-refractivity contribution in [3.05, 3.63) is 65.5 Å². The molecule has 3 aliphatic rings. The third-order valence-corrected chi connectivity index (χ3v) is 9.90. The van der Waals surface area contributed by atoms with Gasteiger partial charge in [0.1, 0.15) is 5.82 Å². The minimum Gasteiger partial charge on any atom is -0.324 e. The SMILES string of the molecule is N[C@H](C(=O)Nc1ccccc1CC[C@@H]1NCC(CCCS(=O)O)N2CC12)C1(c2ccc(F)cc2)CCC(F)(F)CC1. The maximum absolute atomic E-state index is 14.1. The Balaban J connectivity index is 1.22. The lowest BCUT2D eigenvalue weighted by Gasteiger charge is -2.44. The number of amides is 1. The second kappa shape index (κ2) is 12.5. The van der Waals surface area contributed by atoms with Gasteiger partial charge in [0.05, 0.1) is 6.04 Å². The maximum atomic E-state index is 14.1. The zero-order valence-corrected chi connectivity index (χ0v) is 23.9. The minimum absolute atomic E-state index is 0.0337. The van der Waals surface area contributed by atoms with Crippen molar-refractivity contribution in [2.24, 2.45) is 5.73 Å². The van der Waals surface area contributed by atoms with Crippen molar-refractivity contribution in [2.75, 3.05) is 24.2 Å². The van der Waals surface area contributed by atoms with Crippen LogP contribution in [0.25, 0.3) is 0 Å². The predicted molar refractivity (Wildman–Crippen MR) is 154 cm³/mol. The molecule has 0 aromatic heterocycles. The molecule has 4 unspecified atom stereocenters. The van der Waals surface area contributed by atoms with Gasteiger partial charge in [0.25, 0.3) is 0 Å². The fourth-order valence-electron chi connectivity index (χ4n) is 6.75. The minimum atomic E-state index is -2.81. The molecular weight excluding hydrogens is 553 g/mol. The van der Waals surface area contributed by atoms with E-state index in [9.17, 15) is 22.2 Å². The van der Waals surface area contributed by atoms with Crippen LogP contribution >= 0.6 is 0 Å². The highest BCUT2D eigenvalue weighted by Crippen LogP contribution is 2.47. The van der Waals surface area contributed by atoms with Crippen LogP contribution in [-0.4, -0.2) is 68.5 Å².